The number of benzene rings is 1. The minimum atomic E-state index is -0.556. The lowest BCUT2D eigenvalue weighted by Gasteiger charge is -2.35. The van der Waals surface area contributed by atoms with E-state index in [9.17, 15) is 9.90 Å². The molecule has 1 fully saturated rings. The molecule has 0 unspecified atom stereocenters. The third-order valence-electron chi connectivity index (χ3n) is 4.23. The van der Waals surface area contributed by atoms with Crippen molar-refractivity contribution >= 4 is 5.91 Å². The van der Waals surface area contributed by atoms with Gasteiger partial charge in [-0.15, -0.1) is 0 Å². The van der Waals surface area contributed by atoms with Gasteiger partial charge < -0.3 is 16.2 Å². The molecule has 0 saturated heterocycles. The number of carbonyl (C=O) groups excluding carboxylic acids is 1. The number of hydrogen-bond donors (Lipinski definition) is 3. The van der Waals surface area contributed by atoms with Crippen LogP contribution in [0.1, 0.15) is 48.5 Å². The molecule has 0 aliphatic heterocycles. The smallest absolute Gasteiger partial charge is 0.248 e. The molecule has 0 radical (unpaired) electrons. The van der Waals surface area contributed by atoms with E-state index >= 15 is 0 Å². The summed E-state index contributed by atoms with van der Waals surface area (Å²) in [6.45, 7) is 3.56. The first kappa shape index (κ1) is 15.0. The highest BCUT2D eigenvalue weighted by Gasteiger charge is 2.31. The first-order chi connectivity index (χ1) is 9.48. The molecule has 0 bridgehead atoms. The zero-order chi connectivity index (χ0) is 14.6. The summed E-state index contributed by atoms with van der Waals surface area (Å²) in [6, 6.07) is 7.24. The van der Waals surface area contributed by atoms with Crippen LogP contribution in [0.25, 0.3) is 0 Å². The van der Waals surface area contributed by atoms with Crippen LogP contribution >= 0.6 is 0 Å². The molecule has 1 aromatic carbocycles. The zero-order valence-electron chi connectivity index (χ0n) is 12.1. The molecule has 1 aliphatic carbocycles. The lowest BCUT2D eigenvalue weighted by molar-refractivity contribution is -0.00630. The van der Waals surface area contributed by atoms with Crippen LogP contribution in [0.15, 0.2) is 24.3 Å². The van der Waals surface area contributed by atoms with Gasteiger partial charge >= 0.3 is 0 Å². The molecule has 4 nitrogen and oxygen atoms in total. The lowest BCUT2D eigenvalue weighted by atomic mass is 9.79. The Labute approximate surface area is 120 Å². The monoisotopic (exact) mass is 276 g/mol. The molecule has 2 rings (SSSR count). The van der Waals surface area contributed by atoms with Gasteiger partial charge in [0.1, 0.15) is 0 Å². The van der Waals surface area contributed by atoms with E-state index in [1.807, 2.05) is 12.1 Å². The van der Waals surface area contributed by atoms with E-state index in [4.69, 9.17) is 5.73 Å². The predicted molar refractivity (Wildman–Crippen MR) is 79.2 cm³/mol. The van der Waals surface area contributed by atoms with Crippen LogP contribution in [0, 0.1) is 5.92 Å². The fraction of sp³-hybridized carbons (Fsp3) is 0.562. The first-order valence-electron chi connectivity index (χ1n) is 7.30. The van der Waals surface area contributed by atoms with E-state index < -0.39 is 11.5 Å². The zero-order valence-corrected chi connectivity index (χ0v) is 12.1. The van der Waals surface area contributed by atoms with Crippen LogP contribution in [-0.2, 0) is 6.54 Å². The SMILES string of the molecule is CC1CCC(O)(CNCc2ccc(C(N)=O)cc2)CC1. The van der Waals surface area contributed by atoms with Crippen LogP contribution in [-0.4, -0.2) is 23.2 Å². The van der Waals surface area contributed by atoms with E-state index in [-0.39, 0.29) is 0 Å². The quantitative estimate of drug-likeness (QED) is 0.768. The maximum absolute atomic E-state index is 11.0. The summed E-state index contributed by atoms with van der Waals surface area (Å²) in [5.74, 6) is 0.326. The van der Waals surface area contributed by atoms with Crippen LogP contribution < -0.4 is 11.1 Å². The van der Waals surface area contributed by atoms with E-state index in [0.717, 1.165) is 37.2 Å². The van der Waals surface area contributed by atoms with Gasteiger partial charge in [-0.25, -0.2) is 0 Å². The molecule has 4 heteroatoms. The van der Waals surface area contributed by atoms with Gasteiger partial charge in [0.05, 0.1) is 5.60 Å². The van der Waals surface area contributed by atoms with Crippen molar-refractivity contribution < 1.29 is 9.90 Å². The van der Waals surface area contributed by atoms with Crippen molar-refractivity contribution in [1.82, 2.24) is 5.32 Å². The molecule has 1 saturated carbocycles. The highest BCUT2D eigenvalue weighted by atomic mass is 16.3. The van der Waals surface area contributed by atoms with E-state index in [1.54, 1.807) is 12.1 Å². The third kappa shape index (κ3) is 4.05. The molecule has 1 aromatic rings. The van der Waals surface area contributed by atoms with E-state index in [1.165, 1.54) is 0 Å². The number of aliphatic hydroxyl groups is 1. The highest BCUT2D eigenvalue weighted by Crippen LogP contribution is 2.31. The third-order valence-corrected chi connectivity index (χ3v) is 4.23. The molecule has 20 heavy (non-hydrogen) atoms. The topological polar surface area (TPSA) is 75.3 Å². The molecule has 110 valence electrons. The largest absolute Gasteiger partial charge is 0.389 e. The van der Waals surface area contributed by atoms with Gasteiger partial charge in [0.25, 0.3) is 0 Å². The van der Waals surface area contributed by atoms with Crippen molar-refractivity contribution in [1.29, 1.82) is 0 Å². The molecular weight excluding hydrogens is 252 g/mol. The Morgan fingerprint density at radius 1 is 1.35 bits per heavy atom. The number of amides is 1. The fourth-order valence-electron chi connectivity index (χ4n) is 2.70. The van der Waals surface area contributed by atoms with Gasteiger partial charge in [0.15, 0.2) is 0 Å². The minimum Gasteiger partial charge on any atom is -0.389 e. The summed E-state index contributed by atoms with van der Waals surface area (Å²) in [5, 5.41) is 13.8. The second-order valence-corrected chi connectivity index (χ2v) is 6.07. The lowest BCUT2D eigenvalue weighted by Crippen LogP contribution is -2.43. The molecular formula is C16H24N2O2. The Kier molecular flexibility index (Phi) is 4.78. The van der Waals surface area contributed by atoms with Crippen molar-refractivity contribution in [3.05, 3.63) is 35.4 Å². The number of primary amides is 1. The second-order valence-electron chi connectivity index (χ2n) is 6.07. The Balaban J connectivity index is 1.79. The van der Waals surface area contributed by atoms with Crippen LogP contribution in [0.3, 0.4) is 0 Å². The van der Waals surface area contributed by atoms with Gasteiger partial charge in [0, 0.05) is 18.7 Å². The molecule has 1 aliphatic rings. The van der Waals surface area contributed by atoms with E-state index in [0.29, 0.717) is 18.7 Å². The summed E-state index contributed by atoms with van der Waals surface area (Å²) in [6.07, 6.45) is 3.96. The standard InChI is InChI=1S/C16H24N2O2/c1-12-6-8-16(20,9-7-12)11-18-10-13-2-4-14(5-3-13)15(17)19/h2-5,12,18,20H,6-11H2,1H3,(H2,17,19). The average molecular weight is 276 g/mol. The van der Waals surface area contributed by atoms with Gasteiger partial charge in [-0.05, 0) is 49.3 Å². The fourth-order valence-corrected chi connectivity index (χ4v) is 2.70. The summed E-state index contributed by atoms with van der Waals surface area (Å²) in [7, 11) is 0. The van der Waals surface area contributed by atoms with Crippen molar-refractivity contribution in [2.75, 3.05) is 6.54 Å². The van der Waals surface area contributed by atoms with Gasteiger partial charge in [-0.3, -0.25) is 4.79 Å². The maximum atomic E-state index is 11.0. The maximum Gasteiger partial charge on any atom is 0.248 e. The van der Waals surface area contributed by atoms with Crippen molar-refractivity contribution in [3.63, 3.8) is 0 Å². The molecule has 4 N–H and O–H groups in total. The van der Waals surface area contributed by atoms with Crippen molar-refractivity contribution in [2.24, 2.45) is 11.7 Å². The normalized spacial score (nSPS) is 26.4. The number of carbonyl (C=O) groups is 1. The summed E-state index contributed by atoms with van der Waals surface area (Å²) < 4.78 is 0. The molecule has 0 heterocycles. The Bertz CT molecular complexity index is 448. The molecule has 1 amide bonds. The van der Waals surface area contributed by atoms with Crippen LogP contribution in [0.2, 0.25) is 0 Å². The average Bonchev–Trinajstić information content (AvgIpc) is 2.43. The summed E-state index contributed by atoms with van der Waals surface area (Å²) in [4.78, 5) is 11.0. The van der Waals surface area contributed by atoms with E-state index in [2.05, 4.69) is 12.2 Å². The Hall–Kier alpha value is -1.39. The van der Waals surface area contributed by atoms with Gasteiger partial charge in [0.2, 0.25) is 5.91 Å². The number of nitrogens with one attached hydrogen (secondary N) is 1. The summed E-state index contributed by atoms with van der Waals surface area (Å²) >= 11 is 0. The van der Waals surface area contributed by atoms with Crippen LogP contribution in [0.4, 0.5) is 0 Å². The molecule has 0 aromatic heterocycles. The number of hydrogen-bond acceptors (Lipinski definition) is 3. The van der Waals surface area contributed by atoms with Crippen molar-refractivity contribution in [3.8, 4) is 0 Å². The number of rotatable bonds is 5. The van der Waals surface area contributed by atoms with Crippen LogP contribution in [0.5, 0.6) is 0 Å². The predicted octanol–water partition coefficient (Wildman–Crippen LogP) is 1.82. The second kappa shape index (κ2) is 6.37. The van der Waals surface area contributed by atoms with Crippen molar-refractivity contribution in [2.45, 2.75) is 44.8 Å². The van der Waals surface area contributed by atoms with Gasteiger partial charge in [-0.2, -0.15) is 0 Å². The van der Waals surface area contributed by atoms with Gasteiger partial charge in [-0.1, -0.05) is 19.1 Å². The number of nitrogens with two attached hydrogens (primary N) is 1. The highest BCUT2D eigenvalue weighted by molar-refractivity contribution is 5.92. The molecule has 0 spiro atoms. The first-order valence-corrected chi connectivity index (χ1v) is 7.30. The Morgan fingerprint density at radius 2 is 1.95 bits per heavy atom. The summed E-state index contributed by atoms with van der Waals surface area (Å²) in [5.41, 5.74) is 6.25. The molecule has 0 atom stereocenters. The Morgan fingerprint density at radius 3 is 2.50 bits per heavy atom. The minimum absolute atomic E-state index is 0.407.